The highest BCUT2D eigenvalue weighted by Gasteiger charge is 2.40. The molecule has 2 heterocycles. The van der Waals surface area contributed by atoms with E-state index in [4.69, 9.17) is 4.74 Å². The minimum absolute atomic E-state index is 0.461. The quantitative estimate of drug-likeness (QED) is 0.834. The van der Waals surface area contributed by atoms with Gasteiger partial charge >= 0.3 is 5.97 Å². The van der Waals surface area contributed by atoms with Crippen molar-refractivity contribution < 1.29 is 14.6 Å². The number of rotatable bonds is 3. The summed E-state index contributed by atoms with van der Waals surface area (Å²) >= 11 is 1.11. The van der Waals surface area contributed by atoms with Crippen molar-refractivity contribution in [1.29, 1.82) is 0 Å². The van der Waals surface area contributed by atoms with Crippen molar-refractivity contribution in [3.05, 3.63) is 11.9 Å². The van der Waals surface area contributed by atoms with Crippen molar-refractivity contribution in [2.75, 3.05) is 13.2 Å². The van der Waals surface area contributed by atoms with Gasteiger partial charge in [0, 0.05) is 19.6 Å². The topological polar surface area (TPSA) is 72.3 Å². The summed E-state index contributed by atoms with van der Waals surface area (Å²) in [6.45, 7) is 1.04. The summed E-state index contributed by atoms with van der Waals surface area (Å²) in [5.41, 5.74) is 0.0675. The zero-order valence-electron chi connectivity index (χ0n) is 8.18. The van der Waals surface area contributed by atoms with Gasteiger partial charge in [0.05, 0.1) is 29.0 Å². The lowest BCUT2D eigenvalue weighted by Gasteiger charge is -2.32. The molecule has 1 aliphatic heterocycles. The predicted molar refractivity (Wildman–Crippen MR) is 53.7 cm³/mol. The van der Waals surface area contributed by atoms with Crippen molar-refractivity contribution in [2.45, 2.75) is 19.3 Å². The lowest BCUT2D eigenvalue weighted by Crippen LogP contribution is -2.39. The second-order valence-corrected chi connectivity index (χ2v) is 4.33. The van der Waals surface area contributed by atoms with E-state index in [0.29, 0.717) is 32.5 Å². The van der Waals surface area contributed by atoms with E-state index in [2.05, 4.69) is 8.75 Å². The Kier molecular flexibility index (Phi) is 2.97. The molecule has 1 saturated heterocycles. The monoisotopic (exact) mass is 228 g/mol. The number of aromatic nitrogens is 2. The smallest absolute Gasteiger partial charge is 0.310 e. The molecule has 1 aromatic heterocycles. The normalized spacial score (nSPS) is 20.0. The van der Waals surface area contributed by atoms with E-state index in [1.54, 1.807) is 6.20 Å². The highest BCUT2D eigenvalue weighted by Crippen LogP contribution is 2.34. The Bertz CT molecular complexity index is 333. The molecule has 1 N–H and O–H groups in total. The Labute approximate surface area is 91.4 Å². The van der Waals surface area contributed by atoms with E-state index in [0.717, 1.165) is 17.4 Å². The summed E-state index contributed by atoms with van der Waals surface area (Å²) in [6.07, 6.45) is 3.22. The molecule has 0 aromatic carbocycles. The maximum atomic E-state index is 11.3. The molecular formula is C9H12N2O3S. The van der Waals surface area contributed by atoms with E-state index in [-0.39, 0.29) is 0 Å². The number of aliphatic carboxylic acids is 1. The molecule has 5 nitrogen and oxygen atoms in total. The summed E-state index contributed by atoms with van der Waals surface area (Å²) in [5, 5.41) is 9.29. The minimum Gasteiger partial charge on any atom is -0.481 e. The van der Waals surface area contributed by atoms with Crippen LogP contribution in [0.3, 0.4) is 0 Å². The summed E-state index contributed by atoms with van der Waals surface area (Å²) in [7, 11) is 0. The first-order valence-electron chi connectivity index (χ1n) is 4.80. The zero-order chi connectivity index (χ0) is 10.7. The fourth-order valence-corrected chi connectivity index (χ4v) is 2.27. The van der Waals surface area contributed by atoms with Crippen molar-refractivity contribution >= 4 is 17.7 Å². The average molecular weight is 228 g/mol. The Morgan fingerprint density at radius 2 is 2.33 bits per heavy atom. The molecule has 0 aliphatic carbocycles. The molecule has 6 heteroatoms. The lowest BCUT2D eigenvalue weighted by molar-refractivity contribution is -0.154. The Hall–Kier alpha value is -1.01. The molecular weight excluding hydrogens is 216 g/mol. The molecule has 1 aliphatic rings. The molecule has 1 aromatic rings. The van der Waals surface area contributed by atoms with Crippen molar-refractivity contribution in [1.82, 2.24) is 8.75 Å². The van der Waals surface area contributed by atoms with Crippen LogP contribution in [0.25, 0.3) is 0 Å². The first-order valence-corrected chi connectivity index (χ1v) is 5.54. The van der Waals surface area contributed by atoms with Crippen LogP contribution in [-0.2, 0) is 16.0 Å². The summed E-state index contributed by atoms with van der Waals surface area (Å²) in [4.78, 5) is 11.3. The third-order valence-corrected chi connectivity index (χ3v) is 3.35. The molecule has 82 valence electrons. The first kappa shape index (κ1) is 10.5. The number of carbonyl (C=O) groups is 1. The summed E-state index contributed by atoms with van der Waals surface area (Å²) in [6, 6.07) is 0. The fraction of sp³-hybridized carbons (Fsp3) is 0.667. The molecule has 0 radical (unpaired) electrons. The third kappa shape index (κ3) is 2.15. The van der Waals surface area contributed by atoms with Gasteiger partial charge in [0.2, 0.25) is 0 Å². The standard InChI is InChI=1S/C9H12N2O3S/c12-8(13)9(1-3-14-4-2-9)5-7-6-10-15-11-7/h6H,1-5H2,(H,12,13). The third-order valence-electron chi connectivity index (χ3n) is 2.83. The second kappa shape index (κ2) is 4.24. The Morgan fingerprint density at radius 1 is 1.60 bits per heavy atom. The highest BCUT2D eigenvalue weighted by atomic mass is 32.1. The number of hydrogen-bond donors (Lipinski definition) is 1. The molecule has 15 heavy (non-hydrogen) atoms. The van der Waals surface area contributed by atoms with Gasteiger partial charge in [-0.05, 0) is 12.8 Å². The van der Waals surface area contributed by atoms with Crippen LogP contribution in [0.1, 0.15) is 18.5 Å². The van der Waals surface area contributed by atoms with Crippen LogP contribution in [0, 0.1) is 5.41 Å². The number of ether oxygens (including phenoxy) is 1. The average Bonchev–Trinajstić information content (AvgIpc) is 2.71. The molecule has 0 atom stereocenters. The van der Waals surface area contributed by atoms with Gasteiger partial charge in [-0.25, -0.2) is 0 Å². The second-order valence-electron chi connectivity index (χ2n) is 3.77. The van der Waals surface area contributed by atoms with Gasteiger partial charge in [-0.2, -0.15) is 8.75 Å². The van der Waals surface area contributed by atoms with Crippen LogP contribution in [0.2, 0.25) is 0 Å². The number of carboxylic acid groups (broad SMARTS) is 1. The zero-order valence-corrected chi connectivity index (χ0v) is 9.00. The maximum absolute atomic E-state index is 11.3. The molecule has 0 unspecified atom stereocenters. The summed E-state index contributed by atoms with van der Waals surface area (Å²) < 4.78 is 13.1. The molecule has 0 saturated carbocycles. The van der Waals surface area contributed by atoms with Gasteiger partial charge in [-0.1, -0.05) is 0 Å². The molecule has 0 spiro atoms. The predicted octanol–water partition coefficient (Wildman–Crippen LogP) is 0.962. The Balaban J connectivity index is 2.15. The van der Waals surface area contributed by atoms with Crippen LogP contribution in [-0.4, -0.2) is 33.0 Å². The van der Waals surface area contributed by atoms with Crippen LogP contribution >= 0.6 is 11.7 Å². The van der Waals surface area contributed by atoms with Crippen LogP contribution in [0.15, 0.2) is 6.20 Å². The fourth-order valence-electron chi connectivity index (χ4n) is 1.84. The van der Waals surface area contributed by atoms with Gasteiger partial charge in [0.1, 0.15) is 0 Å². The van der Waals surface area contributed by atoms with Crippen LogP contribution in [0.4, 0.5) is 0 Å². The van der Waals surface area contributed by atoms with Gasteiger partial charge in [0.25, 0.3) is 0 Å². The van der Waals surface area contributed by atoms with Crippen molar-refractivity contribution in [2.24, 2.45) is 5.41 Å². The van der Waals surface area contributed by atoms with E-state index >= 15 is 0 Å². The number of hydrogen-bond acceptors (Lipinski definition) is 5. The summed E-state index contributed by atoms with van der Waals surface area (Å²) in [5.74, 6) is -0.751. The largest absolute Gasteiger partial charge is 0.481 e. The van der Waals surface area contributed by atoms with Gasteiger partial charge in [0.15, 0.2) is 0 Å². The van der Waals surface area contributed by atoms with Gasteiger partial charge in [-0.15, -0.1) is 0 Å². The van der Waals surface area contributed by atoms with Crippen LogP contribution < -0.4 is 0 Å². The highest BCUT2D eigenvalue weighted by molar-refractivity contribution is 6.99. The number of nitrogens with zero attached hydrogens (tertiary/aromatic N) is 2. The van der Waals surface area contributed by atoms with Crippen LogP contribution in [0.5, 0.6) is 0 Å². The SMILES string of the molecule is O=C(O)C1(Cc2cnsn2)CCOCC1. The van der Waals surface area contributed by atoms with Gasteiger partial charge < -0.3 is 9.84 Å². The number of carboxylic acids is 1. The maximum Gasteiger partial charge on any atom is 0.310 e. The minimum atomic E-state index is -0.751. The Morgan fingerprint density at radius 3 is 2.87 bits per heavy atom. The van der Waals surface area contributed by atoms with Gasteiger partial charge in [-0.3, -0.25) is 4.79 Å². The molecule has 0 bridgehead atoms. The molecule has 0 amide bonds. The van der Waals surface area contributed by atoms with Crippen molar-refractivity contribution in [3.8, 4) is 0 Å². The van der Waals surface area contributed by atoms with E-state index in [1.165, 1.54) is 0 Å². The first-order chi connectivity index (χ1) is 7.23. The van der Waals surface area contributed by atoms with Crippen molar-refractivity contribution in [3.63, 3.8) is 0 Å². The van der Waals surface area contributed by atoms with E-state index in [1.807, 2.05) is 0 Å². The lowest BCUT2D eigenvalue weighted by atomic mass is 9.76. The van der Waals surface area contributed by atoms with E-state index < -0.39 is 11.4 Å². The molecule has 1 fully saturated rings. The van der Waals surface area contributed by atoms with E-state index in [9.17, 15) is 9.90 Å². The molecule has 2 rings (SSSR count).